The van der Waals surface area contributed by atoms with Gasteiger partial charge in [0.25, 0.3) is 15.9 Å². The first-order valence-corrected chi connectivity index (χ1v) is 12.0. The van der Waals surface area contributed by atoms with Gasteiger partial charge in [0.2, 0.25) is 0 Å². The van der Waals surface area contributed by atoms with E-state index in [1.807, 2.05) is 20.8 Å². The maximum absolute atomic E-state index is 13.0. The van der Waals surface area contributed by atoms with Crippen molar-refractivity contribution in [1.82, 2.24) is 14.5 Å². The third kappa shape index (κ3) is 5.38. The van der Waals surface area contributed by atoms with Crippen molar-refractivity contribution in [3.63, 3.8) is 0 Å². The molecule has 7 nitrogen and oxygen atoms in total. The summed E-state index contributed by atoms with van der Waals surface area (Å²) >= 11 is 18.6. The summed E-state index contributed by atoms with van der Waals surface area (Å²) in [4.78, 5) is 12.9. The van der Waals surface area contributed by atoms with Crippen molar-refractivity contribution in [2.75, 3.05) is 5.73 Å². The lowest BCUT2D eigenvalue weighted by molar-refractivity contribution is 0.0971. The van der Waals surface area contributed by atoms with Crippen LogP contribution in [-0.2, 0) is 22.0 Å². The van der Waals surface area contributed by atoms with E-state index in [4.69, 9.17) is 40.5 Å². The second-order valence-corrected chi connectivity index (χ2v) is 11.1. The second-order valence-electron chi connectivity index (χ2n) is 8.18. The van der Waals surface area contributed by atoms with E-state index >= 15 is 0 Å². The van der Waals surface area contributed by atoms with Crippen LogP contribution in [0.2, 0.25) is 15.1 Å². The molecule has 3 aromatic rings. The van der Waals surface area contributed by atoms with Crippen LogP contribution < -0.4 is 10.5 Å². The molecule has 0 saturated carbocycles. The van der Waals surface area contributed by atoms with Crippen molar-refractivity contribution < 1.29 is 13.2 Å². The van der Waals surface area contributed by atoms with Crippen LogP contribution in [0.3, 0.4) is 0 Å². The minimum absolute atomic E-state index is 0.0319. The van der Waals surface area contributed by atoms with Gasteiger partial charge in [-0.2, -0.15) is 5.10 Å². The van der Waals surface area contributed by atoms with Crippen LogP contribution in [0.25, 0.3) is 0 Å². The summed E-state index contributed by atoms with van der Waals surface area (Å²) < 4.78 is 28.9. The minimum atomic E-state index is -4.16. The fourth-order valence-electron chi connectivity index (χ4n) is 2.87. The van der Waals surface area contributed by atoms with Gasteiger partial charge in [0, 0.05) is 31.7 Å². The Balaban J connectivity index is 2.02. The predicted octanol–water partition coefficient (Wildman–Crippen LogP) is 4.89. The molecular formula is C21H21Cl3N4O3S. The highest BCUT2D eigenvalue weighted by Crippen LogP contribution is 2.31. The van der Waals surface area contributed by atoms with Gasteiger partial charge in [-0.1, -0.05) is 61.6 Å². The van der Waals surface area contributed by atoms with Gasteiger partial charge in [-0.05, 0) is 36.4 Å². The fourth-order valence-corrected chi connectivity index (χ4v) is 4.83. The van der Waals surface area contributed by atoms with E-state index in [0.29, 0.717) is 26.3 Å². The number of nitrogen functional groups attached to an aromatic ring is 1. The van der Waals surface area contributed by atoms with Crippen LogP contribution in [0.5, 0.6) is 0 Å². The molecule has 0 spiro atoms. The Morgan fingerprint density at radius 3 is 2.28 bits per heavy atom. The number of halogens is 3. The van der Waals surface area contributed by atoms with Crippen LogP contribution >= 0.6 is 34.8 Å². The molecule has 0 aliphatic carbocycles. The molecule has 0 aliphatic heterocycles. The normalized spacial score (nSPS) is 12.1. The monoisotopic (exact) mass is 514 g/mol. The Bertz CT molecular complexity index is 1270. The molecular weight excluding hydrogens is 495 g/mol. The third-order valence-corrected chi connectivity index (χ3v) is 6.81. The molecule has 11 heteroatoms. The lowest BCUT2D eigenvalue weighted by Gasteiger charge is -2.14. The van der Waals surface area contributed by atoms with E-state index < -0.39 is 21.3 Å². The first-order chi connectivity index (χ1) is 14.8. The number of carbonyl (C=O) groups is 1. The molecule has 0 atom stereocenters. The minimum Gasteiger partial charge on any atom is -0.399 e. The number of nitrogens with zero attached hydrogens (tertiary/aromatic N) is 2. The maximum atomic E-state index is 13.0. The number of aromatic nitrogens is 2. The number of hydrogen-bond donors (Lipinski definition) is 2. The van der Waals surface area contributed by atoms with Gasteiger partial charge < -0.3 is 5.73 Å². The highest BCUT2D eigenvalue weighted by Gasteiger charge is 2.27. The summed E-state index contributed by atoms with van der Waals surface area (Å²) in [5.41, 5.74) is 6.64. The zero-order chi connectivity index (χ0) is 23.8. The second kappa shape index (κ2) is 8.94. The number of sulfonamides is 1. The predicted molar refractivity (Wildman–Crippen MR) is 127 cm³/mol. The molecule has 0 fully saturated rings. The quantitative estimate of drug-likeness (QED) is 0.470. The van der Waals surface area contributed by atoms with E-state index in [-0.39, 0.29) is 22.8 Å². The summed E-state index contributed by atoms with van der Waals surface area (Å²) in [6.45, 7) is 5.80. The number of rotatable bonds is 5. The molecule has 1 amide bonds. The Hall–Kier alpha value is -2.26. The first-order valence-electron chi connectivity index (χ1n) is 9.42. The zero-order valence-electron chi connectivity index (χ0n) is 17.5. The van der Waals surface area contributed by atoms with Gasteiger partial charge in [0.05, 0.1) is 17.1 Å². The average molecular weight is 516 g/mol. The Kier molecular flexibility index (Phi) is 6.81. The molecule has 0 aliphatic rings. The Morgan fingerprint density at radius 2 is 1.72 bits per heavy atom. The standard InChI is InChI=1S/C21H21Cl3N4O3S/c1-21(2,3)19-10-18(20(29)27-32(30,31)14-6-4-5-13(25)9-14)28(26-19)11-15-16(23)7-12(22)8-17(15)24/h4-10H,11,25H2,1-3H3,(H,27,29). The number of nitrogens with one attached hydrogen (secondary N) is 1. The number of hydrogen-bond acceptors (Lipinski definition) is 5. The third-order valence-electron chi connectivity index (χ3n) is 4.59. The molecule has 3 N–H and O–H groups in total. The van der Waals surface area contributed by atoms with Crippen molar-refractivity contribution in [3.05, 3.63) is 74.5 Å². The summed E-state index contributed by atoms with van der Waals surface area (Å²) in [7, 11) is -4.16. The van der Waals surface area contributed by atoms with E-state index in [1.54, 1.807) is 12.1 Å². The Labute approximate surface area is 201 Å². The zero-order valence-corrected chi connectivity index (χ0v) is 20.6. The van der Waals surface area contributed by atoms with Gasteiger partial charge in [0.1, 0.15) is 5.69 Å². The van der Waals surface area contributed by atoms with Crippen molar-refractivity contribution in [1.29, 1.82) is 0 Å². The molecule has 1 aromatic heterocycles. The van der Waals surface area contributed by atoms with Crippen molar-refractivity contribution >= 4 is 56.4 Å². The number of nitrogens with two attached hydrogens (primary N) is 1. The molecule has 0 radical (unpaired) electrons. The topological polar surface area (TPSA) is 107 Å². The SMILES string of the molecule is CC(C)(C)c1cc(C(=O)NS(=O)(=O)c2cccc(N)c2)n(Cc2c(Cl)cc(Cl)cc2Cl)n1. The molecule has 0 saturated heterocycles. The van der Waals surface area contributed by atoms with Crippen LogP contribution in [0.1, 0.15) is 42.5 Å². The van der Waals surface area contributed by atoms with Crippen LogP contribution in [-0.4, -0.2) is 24.1 Å². The fraction of sp³-hybridized carbons (Fsp3) is 0.238. The highest BCUT2D eigenvalue weighted by atomic mass is 35.5. The smallest absolute Gasteiger partial charge is 0.283 e. The summed E-state index contributed by atoms with van der Waals surface area (Å²) in [6.07, 6.45) is 0. The van der Waals surface area contributed by atoms with Crippen LogP contribution in [0, 0.1) is 0 Å². The summed E-state index contributed by atoms with van der Waals surface area (Å²) in [6, 6.07) is 10.2. The lowest BCUT2D eigenvalue weighted by atomic mass is 9.92. The number of benzene rings is 2. The summed E-state index contributed by atoms with van der Waals surface area (Å²) in [5, 5.41) is 5.48. The Morgan fingerprint density at radius 1 is 1.09 bits per heavy atom. The molecule has 32 heavy (non-hydrogen) atoms. The lowest BCUT2D eigenvalue weighted by Crippen LogP contribution is -2.32. The van der Waals surface area contributed by atoms with E-state index in [9.17, 15) is 13.2 Å². The van der Waals surface area contributed by atoms with E-state index in [2.05, 4.69) is 9.82 Å². The largest absolute Gasteiger partial charge is 0.399 e. The van der Waals surface area contributed by atoms with Crippen molar-refractivity contribution in [2.45, 2.75) is 37.6 Å². The van der Waals surface area contributed by atoms with Gasteiger partial charge >= 0.3 is 0 Å². The first kappa shape index (κ1) is 24.4. The molecule has 2 aromatic carbocycles. The van der Waals surface area contributed by atoms with E-state index in [1.165, 1.54) is 35.0 Å². The van der Waals surface area contributed by atoms with Gasteiger partial charge in [0.15, 0.2) is 0 Å². The number of amides is 1. The van der Waals surface area contributed by atoms with Gasteiger partial charge in [-0.25, -0.2) is 13.1 Å². The number of carbonyl (C=O) groups excluding carboxylic acids is 1. The van der Waals surface area contributed by atoms with Crippen molar-refractivity contribution in [2.24, 2.45) is 0 Å². The summed E-state index contributed by atoms with van der Waals surface area (Å²) in [5.74, 6) is -0.850. The maximum Gasteiger partial charge on any atom is 0.283 e. The molecule has 3 rings (SSSR count). The van der Waals surface area contributed by atoms with E-state index in [0.717, 1.165) is 0 Å². The molecule has 170 valence electrons. The number of anilines is 1. The van der Waals surface area contributed by atoms with Gasteiger partial charge in [-0.15, -0.1) is 0 Å². The van der Waals surface area contributed by atoms with Gasteiger partial charge in [-0.3, -0.25) is 9.48 Å². The van der Waals surface area contributed by atoms with Crippen LogP contribution in [0.15, 0.2) is 47.4 Å². The van der Waals surface area contributed by atoms with Crippen LogP contribution in [0.4, 0.5) is 5.69 Å². The molecule has 0 unspecified atom stereocenters. The molecule has 0 bridgehead atoms. The highest BCUT2D eigenvalue weighted by molar-refractivity contribution is 7.90. The van der Waals surface area contributed by atoms with Crippen molar-refractivity contribution in [3.8, 4) is 0 Å². The average Bonchev–Trinajstić information content (AvgIpc) is 3.09. The molecule has 1 heterocycles.